The van der Waals surface area contributed by atoms with Gasteiger partial charge < -0.3 is 23.4 Å². The SMILES string of the molecule is COc1cc2ccc(=O)oc2c(OC)c1OCC1C(C)=CCC2C(C)(C)C(OC(C)=O)CCC12C. The van der Waals surface area contributed by atoms with Crippen molar-refractivity contribution in [3.05, 3.63) is 40.3 Å². The Hall–Kier alpha value is -2.96. The second-order valence-corrected chi connectivity index (χ2v) is 10.7. The van der Waals surface area contributed by atoms with Crippen molar-refractivity contribution in [1.82, 2.24) is 0 Å². The minimum atomic E-state index is -0.458. The smallest absolute Gasteiger partial charge is 0.336 e. The Labute approximate surface area is 206 Å². The van der Waals surface area contributed by atoms with E-state index in [1.807, 2.05) is 0 Å². The predicted molar refractivity (Wildman–Crippen MR) is 133 cm³/mol. The fourth-order valence-electron chi connectivity index (χ4n) is 6.53. The summed E-state index contributed by atoms with van der Waals surface area (Å²) in [7, 11) is 3.10. The van der Waals surface area contributed by atoms with Crippen LogP contribution in [0.1, 0.15) is 53.9 Å². The molecular formula is C28H36O7. The summed E-state index contributed by atoms with van der Waals surface area (Å²) >= 11 is 0. The molecule has 1 fully saturated rings. The molecule has 1 saturated carbocycles. The van der Waals surface area contributed by atoms with Crippen molar-refractivity contribution in [2.75, 3.05) is 20.8 Å². The number of esters is 1. The van der Waals surface area contributed by atoms with Gasteiger partial charge in [0.25, 0.3) is 0 Å². The third-order valence-electron chi connectivity index (χ3n) is 8.40. The average molecular weight is 485 g/mol. The molecule has 7 nitrogen and oxygen atoms in total. The van der Waals surface area contributed by atoms with E-state index in [0.717, 1.165) is 19.3 Å². The van der Waals surface area contributed by atoms with Gasteiger partial charge in [0.15, 0.2) is 11.3 Å². The van der Waals surface area contributed by atoms with Crippen molar-refractivity contribution >= 4 is 16.9 Å². The molecule has 35 heavy (non-hydrogen) atoms. The summed E-state index contributed by atoms with van der Waals surface area (Å²) in [5.41, 5.74) is 0.952. The summed E-state index contributed by atoms with van der Waals surface area (Å²) in [5, 5.41) is 0.692. The van der Waals surface area contributed by atoms with Crippen molar-refractivity contribution in [1.29, 1.82) is 0 Å². The predicted octanol–water partition coefficient (Wildman–Crippen LogP) is 5.53. The molecule has 190 valence electrons. The van der Waals surface area contributed by atoms with E-state index in [9.17, 15) is 9.59 Å². The molecule has 4 atom stereocenters. The summed E-state index contributed by atoms with van der Waals surface area (Å²) < 4.78 is 28.9. The Morgan fingerprint density at radius 1 is 1.14 bits per heavy atom. The minimum Gasteiger partial charge on any atom is -0.493 e. The highest BCUT2D eigenvalue weighted by molar-refractivity contribution is 5.88. The molecule has 0 aliphatic heterocycles. The Kier molecular flexibility index (Phi) is 6.64. The van der Waals surface area contributed by atoms with Crippen LogP contribution in [0.15, 0.2) is 39.1 Å². The lowest BCUT2D eigenvalue weighted by atomic mass is 9.48. The van der Waals surface area contributed by atoms with E-state index >= 15 is 0 Å². The molecule has 1 aromatic carbocycles. The van der Waals surface area contributed by atoms with E-state index in [2.05, 4.69) is 33.8 Å². The molecule has 0 amide bonds. The monoisotopic (exact) mass is 484 g/mol. The fourth-order valence-corrected chi connectivity index (χ4v) is 6.53. The highest BCUT2D eigenvalue weighted by Gasteiger charge is 2.56. The van der Waals surface area contributed by atoms with Crippen LogP contribution in [0.25, 0.3) is 11.0 Å². The zero-order chi connectivity index (χ0) is 25.5. The molecule has 7 heteroatoms. The van der Waals surface area contributed by atoms with E-state index in [4.69, 9.17) is 23.4 Å². The number of methoxy groups -OCH3 is 2. The van der Waals surface area contributed by atoms with Gasteiger partial charge in [0.2, 0.25) is 11.5 Å². The van der Waals surface area contributed by atoms with Crippen LogP contribution in [-0.4, -0.2) is 32.9 Å². The zero-order valence-corrected chi connectivity index (χ0v) is 21.7. The number of ether oxygens (including phenoxy) is 4. The van der Waals surface area contributed by atoms with Crippen LogP contribution < -0.4 is 19.8 Å². The topological polar surface area (TPSA) is 84.2 Å². The van der Waals surface area contributed by atoms with E-state index in [1.54, 1.807) is 19.2 Å². The van der Waals surface area contributed by atoms with E-state index in [-0.39, 0.29) is 28.8 Å². The van der Waals surface area contributed by atoms with Gasteiger partial charge in [-0.3, -0.25) is 4.79 Å². The molecule has 1 heterocycles. The molecule has 1 aromatic heterocycles. The lowest BCUT2D eigenvalue weighted by Gasteiger charge is -2.58. The quantitative estimate of drug-likeness (QED) is 0.303. The normalized spacial score (nSPS) is 27.5. The first-order valence-corrected chi connectivity index (χ1v) is 12.2. The fraction of sp³-hybridized carbons (Fsp3) is 0.571. The molecule has 0 saturated heterocycles. The van der Waals surface area contributed by atoms with Crippen LogP contribution in [0.4, 0.5) is 0 Å². The van der Waals surface area contributed by atoms with Crippen LogP contribution in [0.5, 0.6) is 17.2 Å². The van der Waals surface area contributed by atoms with Gasteiger partial charge in [-0.05, 0) is 49.7 Å². The summed E-state index contributed by atoms with van der Waals surface area (Å²) in [4.78, 5) is 23.6. The number of hydrogen-bond donors (Lipinski definition) is 0. The molecule has 4 unspecified atom stereocenters. The van der Waals surface area contributed by atoms with Crippen LogP contribution in [0.2, 0.25) is 0 Å². The second kappa shape index (κ2) is 9.25. The number of fused-ring (bicyclic) bond motifs is 2. The number of hydrogen-bond acceptors (Lipinski definition) is 7. The van der Waals surface area contributed by atoms with Gasteiger partial charge in [-0.1, -0.05) is 32.4 Å². The Morgan fingerprint density at radius 3 is 2.54 bits per heavy atom. The number of allylic oxidation sites excluding steroid dienone is 1. The molecular weight excluding hydrogens is 448 g/mol. The molecule has 2 aliphatic rings. The van der Waals surface area contributed by atoms with Crippen molar-refractivity contribution in [3.8, 4) is 17.2 Å². The molecule has 0 radical (unpaired) electrons. The third-order valence-corrected chi connectivity index (χ3v) is 8.40. The van der Waals surface area contributed by atoms with Gasteiger partial charge in [-0.15, -0.1) is 0 Å². The highest BCUT2D eigenvalue weighted by atomic mass is 16.5. The van der Waals surface area contributed by atoms with Gasteiger partial charge in [-0.25, -0.2) is 4.79 Å². The molecule has 2 aliphatic carbocycles. The number of rotatable bonds is 6. The largest absolute Gasteiger partial charge is 0.493 e. The van der Waals surface area contributed by atoms with Crippen LogP contribution >= 0.6 is 0 Å². The van der Waals surface area contributed by atoms with Gasteiger partial charge in [-0.2, -0.15) is 0 Å². The zero-order valence-electron chi connectivity index (χ0n) is 21.7. The first-order chi connectivity index (χ1) is 16.5. The second-order valence-electron chi connectivity index (χ2n) is 10.7. The standard InChI is InChI=1S/C28H36O7/c1-16-8-10-21-27(3,4)22(34-17(2)29)12-13-28(21,5)19(16)15-33-25-20(31-6)14-18-9-11-23(30)35-24(18)26(25)32-7/h8-9,11,14,19,21-22H,10,12-13,15H2,1-7H3. The van der Waals surface area contributed by atoms with Crippen LogP contribution in [0.3, 0.4) is 0 Å². The Bertz CT molecular complexity index is 1210. The van der Waals surface area contributed by atoms with Gasteiger partial charge in [0.05, 0.1) is 20.8 Å². The van der Waals surface area contributed by atoms with Gasteiger partial charge in [0, 0.05) is 29.7 Å². The first-order valence-electron chi connectivity index (χ1n) is 12.2. The summed E-state index contributed by atoms with van der Waals surface area (Å²) in [5.74, 6) is 1.52. The van der Waals surface area contributed by atoms with Crippen LogP contribution in [0, 0.1) is 22.7 Å². The van der Waals surface area contributed by atoms with E-state index in [0.29, 0.717) is 40.7 Å². The first kappa shape index (κ1) is 25.1. The maximum absolute atomic E-state index is 11.9. The Morgan fingerprint density at radius 2 is 1.89 bits per heavy atom. The summed E-state index contributed by atoms with van der Waals surface area (Å²) in [6.45, 7) is 10.8. The van der Waals surface area contributed by atoms with E-state index in [1.165, 1.54) is 25.7 Å². The van der Waals surface area contributed by atoms with Crippen molar-refractivity contribution in [2.24, 2.45) is 22.7 Å². The molecule has 2 aromatic rings. The molecule has 0 spiro atoms. The summed E-state index contributed by atoms with van der Waals surface area (Å²) in [6, 6.07) is 4.84. The third kappa shape index (κ3) is 4.30. The average Bonchev–Trinajstić information content (AvgIpc) is 2.79. The number of carbonyl (C=O) groups excluding carboxylic acids is 1. The van der Waals surface area contributed by atoms with Crippen LogP contribution in [-0.2, 0) is 9.53 Å². The van der Waals surface area contributed by atoms with Gasteiger partial charge >= 0.3 is 11.6 Å². The summed E-state index contributed by atoms with van der Waals surface area (Å²) in [6.07, 6.45) is 4.88. The maximum atomic E-state index is 11.9. The molecule has 4 rings (SSSR count). The molecule has 0 N–H and O–H groups in total. The van der Waals surface area contributed by atoms with Crippen molar-refractivity contribution in [2.45, 2.75) is 60.0 Å². The lowest BCUT2D eigenvalue weighted by molar-refractivity contribution is -0.172. The maximum Gasteiger partial charge on any atom is 0.336 e. The highest BCUT2D eigenvalue weighted by Crippen LogP contribution is 2.60. The lowest BCUT2D eigenvalue weighted by Crippen LogP contribution is -2.55. The minimum absolute atomic E-state index is 0.0388. The van der Waals surface area contributed by atoms with Gasteiger partial charge in [0.1, 0.15) is 6.10 Å². The Balaban J connectivity index is 1.68. The van der Waals surface area contributed by atoms with Crippen molar-refractivity contribution < 1.29 is 28.2 Å². The molecule has 0 bridgehead atoms. The van der Waals surface area contributed by atoms with Crippen molar-refractivity contribution in [3.63, 3.8) is 0 Å². The number of carbonyl (C=O) groups is 1. The van der Waals surface area contributed by atoms with E-state index < -0.39 is 5.63 Å². The number of benzene rings is 1.